The predicted octanol–water partition coefficient (Wildman–Crippen LogP) is 3.64. The molecule has 4 nitrogen and oxygen atoms in total. The number of piperidine rings is 1. The molecule has 4 heteroatoms. The molecule has 1 atom stereocenters. The van der Waals surface area contributed by atoms with Gasteiger partial charge in [-0.15, -0.1) is 0 Å². The van der Waals surface area contributed by atoms with Gasteiger partial charge in [-0.2, -0.15) is 0 Å². The van der Waals surface area contributed by atoms with Crippen LogP contribution in [-0.4, -0.2) is 37.0 Å². The van der Waals surface area contributed by atoms with E-state index in [9.17, 15) is 9.59 Å². The molecule has 0 radical (unpaired) electrons. The van der Waals surface area contributed by atoms with Crippen LogP contribution in [0.1, 0.15) is 24.0 Å². The summed E-state index contributed by atoms with van der Waals surface area (Å²) in [5.41, 5.74) is 2.49. The van der Waals surface area contributed by atoms with Crippen molar-refractivity contribution in [3.63, 3.8) is 0 Å². The number of rotatable bonds is 4. The highest BCUT2D eigenvalue weighted by Gasteiger charge is 2.30. The molecule has 0 spiro atoms. The number of carbonyl (C=O) groups excluding carboxylic acids is 2. The summed E-state index contributed by atoms with van der Waals surface area (Å²) in [5, 5.41) is 0. The van der Waals surface area contributed by atoms with Gasteiger partial charge in [0.2, 0.25) is 0 Å². The summed E-state index contributed by atoms with van der Waals surface area (Å²) in [6.07, 6.45) is 3.48. The molecule has 1 aliphatic rings. The molecule has 134 valence electrons. The Kier molecular flexibility index (Phi) is 5.84. The molecular weight excluding hydrogens is 326 g/mol. The lowest BCUT2D eigenvalue weighted by Gasteiger charge is -2.32. The minimum absolute atomic E-state index is 0.0475. The second-order valence-corrected chi connectivity index (χ2v) is 6.45. The van der Waals surface area contributed by atoms with Gasteiger partial charge in [0, 0.05) is 18.7 Å². The monoisotopic (exact) mass is 349 g/mol. The first kappa shape index (κ1) is 17.9. The highest BCUT2D eigenvalue weighted by atomic mass is 16.5. The van der Waals surface area contributed by atoms with E-state index >= 15 is 0 Å². The van der Waals surface area contributed by atoms with Gasteiger partial charge in [-0.05, 0) is 30.0 Å². The van der Waals surface area contributed by atoms with E-state index in [2.05, 4.69) is 0 Å². The first-order valence-corrected chi connectivity index (χ1v) is 8.88. The Labute approximate surface area is 154 Å². The lowest BCUT2D eigenvalue weighted by Crippen LogP contribution is -2.43. The normalized spacial score (nSPS) is 17.7. The van der Waals surface area contributed by atoms with E-state index in [1.165, 1.54) is 7.11 Å². The van der Waals surface area contributed by atoms with Crippen LogP contribution in [0.5, 0.6) is 0 Å². The van der Waals surface area contributed by atoms with Crippen molar-refractivity contribution in [3.05, 3.63) is 71.8 Å². The fourth-order valence-electron chi connectivity index (χ4n) is 3.29. The number of esters is 1. The minimum atomic E-state index is -0.244. The molecule has 1 unspecified atom stereocenters. The van der Waals surface area contributed by atoms with Crippen LogP contribution in [0.2, 0.25) is 0 Å². The fourth-order valence-corrected chi connectivity index (χ4v) is 3.29. The molecule has 3 rings (SSSR count). The Balaban J connectivity index is 1.90. The van der Waals surface area contributed by atoms with Crippen LogP contribution in [0.15, 0.2) is 60.7 Å². The molecule has 1 aliphatic heterocycles. The standard InChI is InChI=1S/C22H23NO3/c1-26-22(25)19-13-8-14-23(16-19)21(24)20(18-11-6-3-7-12-18)15-17-9-4-2-5-10-17/h2-7,9-12,15,19H,8,13-14,16H2,1H3/b20-15-. The van der Waals surface area contributed by atoms with Crippen LogP contribution < -0.4 is 0 Å². The predicted molar refractivity (Wildman–Crippen MR) is 102 cm³/mol. The number of nitrogens with zero attached hydrogens (tertiary/aromatic N) is 1. The summed E-state index contributed by atoms with van der Waals surface area (Å²) < 4.78 is 4.87. The maximum absolute atomic E-state index is 13.3. The average molecular weight is 349 g/mol. The SMILES string of the molecule is COC(=O)C1CCCN(C(=O)/C(=C\c2ccccc2)c2ccccc2)C1. The topological polar surface area (TPSA) is 46.6 Å². The highest BCUT2D eigenvalue weighted by molar-refractivity contribution is 6.24. The largest absolute Gasteiger partial charge is 0.469 e. The molecule has 2 aromatic rings. The number of ether oxygens (including phenoxy) is 1. The fraction of sp³-hybridized carbons (Fsp3) is 0.273. The van der Waals surface area contributed by atoms with Gasteiger partial charge in [0.1, 0.15) is 0 Å². The molecular formula is C22H23NO3. The van der Waals surface area contributed by atoms with Crippen molar-refractivity contribution in [2.75, 3.05) is 20.2 Å². The molecule has 2 aromatic carbocycles. The first-order chi connectivity index (χ1) is 12.7. The number of benzene rings is 2. The Morgan fingerprint density at radius 2 is 1.69 bits per heavy atom. The van der Waals surface area contributed by atoms with E-state index in [1.54, 1.807) is 4.90 Å². The van der Waals surface area contributed by atoms with Crippen molar-refractivity contribution in [1.29, 1.82) is 0 Å². The Hall–Kier alpha value is -2.88. The van der Waals surface area contributed by atoms with Gasteiger partial charge in [0.15, 0.2) is 0 Å². The highest BCUT2D eigenvalue weighted by Crippen LogP contribution is 2.25. The lowest BCUT2D eigenvalue weighted by atomic mass is 9.95. The molecule has 0 saturated carbocycles. The van der Waals surface area contributed by atoms with Crippen LogP contribution in [0.4, 0.5) is 0 Å². The molecule has 0 aromatic heterocycles. The first-order valence-electron chi connectivity index (χ1n) is 8.88. The van der Waals surface area contributed by atoms with Gasteiger partial charge in [-0.3, -0.25) is 9.59 Å². The zero-order valence-corrected chi connectivity index (χ0v) is 14.9. The maximum atomic E-state index is 13.3. The Morgan fingerprint density at radius 1 is 1.04 bits per heavy atom. The lowest BCUT2D eigenvalue weighted by molar-refractivity contribution is -0.148. The smallest absolute Gasteiger partial charge is 0.310 e. The summed E-state index contributed by atoms with van der Waals surface area (Å²) in [7, 11) is 1.40. The molecule has 1 fully saturated rings. The van der Waals surface area contributed by atoms with E-state index < -0.39 is 0 Å². The van der Waals surface area contributed by atoms with Crippen LogP contribution in [0, 0.1) is 5.92 Å². The van der Waals surface area contributed by atoms with Crippen molar-refractivity contribution in [3.8, 4) is 0 Å². The Bertz CT molecular complexity index is 784. The number of carbonyl (C=O) groups is 2. The molecule has 0 bridgehead atoms. The van der Waals surface area contributed by atoms with Gasteiger partial charge >= 0.3 is 5.97 Å². The van der Waals surface area contributed by atoms with Crippen molar-refractivity contribution in [2.24, 2.45) is 5.92 Å². The summed E-state index contributed by atoms with van der Waals surface area (Å²) in [6, 6.07) is 19.5. The summed E-state index contributed by atoms with van der Waals surface area (Å²) in [4.78, 5) is 26.9. The number of methoxy groups -OCH3 is 1. The number of hydrogen-bond acceptors (Lipinski definition) is 3. The third-order valence-electron chi connectivity index (χ3n) is 4.67. The molecule has 1 heterocycles. The molecule has 1 saturated heterocycles. The zero-order chi connectivity index (χ0) is 18.4. The minimum Gasteiger partial charge on any atom is -0.469 e. The summed E-state index contributed by atoms with van der Waals surface area (Å²) in [6.45, 7) is 1.07. The average Bonchev–Trinajstić information content (AvgIpc) is 2.72. The van der Waals surface area contributed by atoms with Crippen LogP contribution in [-0.2, 0) is 14.3 Å². The van der Waals surface area contributed by atoms with Crippen LogP contribution in [0.25, 0.3) is 11.6 Å². The van der Waals surface area contributed by atoms with Crippen molar-refractivity contribution in [1.82, 2.24) is 4.90 Å². The van der Waals surface area contributed by atoms with E-state index in [0.717, 1.165) is 24.0 Å². The third-order valence-corrected chi connectivity index (χ3v) is 4.67. The maximum Gasteiger partial charge on any atom is 0.310 e. The molecule has 26 heavy (non-hydrogen) atoms. The van der Waals surface area contributed by atoms with Gasteiger partial charge in [-0.1, -0.05) is 60.7 Å². The van der Waals surface area contributed by atoms with Gasteiger partial charge < -0.3 is 9.64 Å². The van der Waals surface area contributed by atoms with Crippen molar-refractivity contribution < 1.29 is 14.3 Å². The Morgan fingerprint density at radius 3 is 2.35 bits per heavy atom. The van der Waals surface area contributed by atoms with Crippen LogP contribution >= 0.6 is 0 Å². The second-order valence-electron chi connectivity index (χ2n) is 6.45. The molecule has 1 amide bonds. The van der Waals surface area contributed by atoms with E-state index in [0.29, 0.717) is 18.7 Å². The van der Waals surface area contributed by atoms with Gasteiger partial charge in [-0.25, -0.2) is 0 Å². The third kappa shape index (κ3) is 4.20. The van der Waals surface area contributed by atoms with E-state index in [1.807, 2.05) is 66.7 Å². The summed E-state index contributed by atoms with van der Waals surface area (Å²) >= 11 is 0. The number of likely N-dealkylation sites (tertiary alicyclic amines) is 1. The number of hydrogen-bond donors (Lipinski definition) is 0. The van der Waals surface area contributed by atoms with Gasteiger partial charge in [0.05, 0.1) is 13.0 Å². The van der Waals surface area contributed by atoms with Gasteiger partial charge in [0.25, 0.3) is 5.91 Å². The molecule has 0 N–H and O–H groups in total. The quantitative estimate of drug-likeness (QED) is 0.481. The second kappa shape index (κ2) is 8.48. The van der Waals surface area contributed by atoms with Crippen molar-refractivity contribution in [2.45, 2.75) is 12.8 Å². The summed E-state index contributed by atoms with van der Waals surface area (Å²) in [5.74, 6) is -0.532. The zero-order valence-electron chi connectivity index (χ0n) is 14.9. The van der Waals surface area contributed by atoms with E-state index in [-0.39, 0.29) is 17.8 Å². The van der Waals surface area contributed by atoms with E-state index in [4.69, 9.17) is 4.74 Å². The van der Waals surface area contributed by atoms with Crippen LogP contribution in [0.3, 0.4) is 0 Å². The number of amides is 1. The molecule has 0 aliphatic carbocycles. The van der Waals surface area contributed by atoms with Crippen molar-refractivity contribution >= 4 is 23.5 Å².